The standard InChI is InChI=1S/C26H17Br2ClN2O6/c1-13-2-7-17(11-21(13)29)31-24(33)18(23(32)30-26(31)36)8-15-9-19(27)22(20(28)10-15)37-12-14-3-5-16(6-4-14)25(34)35/h2-11H,12H2,1H3,(H,34,35)(H,30,32,36)/b18-8-. The summed E-state index contributed by atoms with van der Waals surface area (Å²) >= 11 is 13.0. The molecule has 0 saturated carbocycles. The fraction of sp³-hybridized carbons (Fsp3) is 0.0769. The van der Waals surface area contributed by atoms with E-state index in [1.807, 2.05) is 0 Å². The maximum Gasteiger partial charge on any atom is 0.335 e. The van der Waals surface area contributed by atoms with Crippen LogP contribution in [0.2, 0.25) is 5.02 Å². The van der Waals surface area contributed by atoms with Gasteiger partial charge in [-0.3, -0.25) is 14.9 Å². The molecule has 37 heavy (non-hydrogen) atoms. The quantitative estimate of drug-likeness (QED) is 0.246. The molecule has 1 fully saturated rings. The Kier molecular flexibility index (Phi) is 7.82. The number of imide groups is 2. The van der Waals surface area contributed by atoms with Gasteiger partial charge in [-0.15, -0.1) is 0 Å². The minimum Gasteiger partial charge on any atom is -0.487 e. The van der Waals surface area contributed by atoms with E-state index in [0.717, 1.165) is 16.0 Å². The molecule has 0 aromatic heterocycles. The Morgan fingerprint density at radius 2 is 1.70 bits per heavy atom. The number of aromatic carboxylic acids is 1. The number of anilines is 1. The first-order valence-electron chi connectivity index (χ1n) is 10.7. The molecule has 4 rings (SSSR count). The van der Waals surface area contributed by atoms with Crippen molar-refractivity contribution < 1.29 is 29.0 Å². The SMILES string of the molecule is Cc1ccc(N2C(=O)NC(=O)/C(=C/c3cc(Br)c(OCc4ccc(C(=O)O)cc4)c(Br)c3)C2=O)cc1Cl. The number of carboxylic acid groups (broad SMARTS) is 1. The zero-order valence-corrected chi connectivity index (χ0v) is 23.0. The van der Waals surface area contributed by atoms with Gasteiger partial charge in [-0.25, -0.2) is 14.5 Å². The van der Waals surface area contributed by atoms with Crippen LogP contribution < -0.4 is 15.0 Å². The zero-order valence-electron chi connectivity index (χ0n) is 19.1. The van der Waals surface area contributed by atoms with E-state index in [0.29, 0.717) is 25.3 Å². The number of ether oxygens (including phenoxy) is 1. The number of urea groups is 1. The smallest absolute Gasteiger partial charge is 0.335 e. The first kappa shape index (κ1) is 26.6. The molecule has 4 amide bonds. The number of carbonyl (C=O) groups is 4. The minimum absolute atomic E-state index is 0.175. The molecule has 1 heterocycles. The summed E-state index contributed by atoms with van der Waals surface area (Å²) in [5, 5.41) is 11.6. The van der Waals surface area contributed by atoms with Crippen molar-refractivity contribution in [3.05, 3.63) is 96.4 Å². The number of aryl methyl sites for hydroxylation is 1. The number of carboxylic acids is 1. The molecule has 3 aromatic rings. The number of amides is 4. The van der Waals surface area contributed by atoms with Gasteiger partial charge in [0.05, 0.1) is 20.2 Å². The van der Waals surface area contributed by atoms with Crippen LogP contribution in [0.4, 0.5) is 10.5 Å². The zero-order chi connectivity index (χ0) is 26.9. The van der Waals surface area contributed by atoms with Gasteiger partial charge in [0, 0.05) is 5.02 Å². The van der Waals surface area contributed by atoms with Crippen molar-refractivity contribution >= 4 is 79.0 Å². The summed E-state index contributed by atoms with van der Waals surface area (Å²) < 4.78 is 6.96. The molecule has 1 aliphatic heterocycles. The van der Waals surface area contributed by atoms with Crippen LogP contribution >= 0.6 is 43.5 Å². The highest BCUT2D eigenvalue weighted by molar-refractivity contribution is 9.11. The molecule has 8 nitrogen and oxygen atoms in total. The number of rotatable bonds is 6. The van der Waals surface area contributed by atoms with E-state index >= 15 is 0 Å². The van der Waals surface area contributed by atoms with Gasteiger partial charge in [0.15, 0.2) is 0 Å². The third-order valence-corrected chi connectivity index (χ3v) is 7.02. The second-order valence-electron chi connectivity index (χ2n) is 8.00. The number of nitrogens with zero attached hydrogens (tertiary/aromatic N) is 1. The Labute approximate surface area is 233 Å². The van der Waals surface area contributed by atoms with Crippen LogP contribution in [0.25, 0.3) is 6.08 Å². The summed E-state index contributed by atoms with van der Waals surface area (Å²) in [5.41, 5.74) is 2.21. The lowest BCUT2D eigenvalue weighted by atomic mass is 10.1. The number of hydrogen-bond acceptors (Lipinski definition) is 5. The van der Waals surface area contributed by atoms with Gasteiger partial charge in [0.1, 0.15) is 17.9 Å². The molecule has 1 saturated heterocycles. The van der Waals surface area contributed by atoms with Crippen molar-refractivity contribution in [3.8, 4) is 5.75 Å². The van der Waals surface area contributed by atoms with Gasteiger partial charge in [0.2, 0.25) is 0 Å². The van der Waals surface area contributed by atoms with E-state index < -0.39 is 23.8 Å². The van der Waals surface area contributed by atoms with E-state index in [9.17, 15) is 19.2 Å². The van der Waals surface area contributed by atoms with E-state index in [1.54, 1.807) is 43.3 Å². The summed E-state index contributed by atoms with van der Waals surface area (Å²) in [6.07, 6.45) is 1.37. The molecular weight excluding hydrogens is 632 g/mol. The summed E-state index contributed by atoms with van der Waals surface area (Å²) in [5.74, 6) is -2.15. The number of nitrogens with one attached hydrogen (secondary N) is 1. The van der Waals surface area contributed by atoms with Crippen molar-refractivity contribution in [3.63, 3.8) is 0 Å². The van der Waals surface area contributed by atoms with E-state index in [4.69, 9.17) is 21.4 Å². The second-order valence-corrected chi connectivity index (χ2v) is 10.1. The van der Waals surface area contributed by atoms with Crippen LogP contribution in [0.5, 0.6) is 5.75 Å². The molecular formula is C26H17Br2ClN2O6. The van der Waals surface area contributed by atoms with Gasteiger partial charge in [-0.2, -0.15) is 0 Å². The number of hydrogen-bond donors (Lipinski definition) is 2. The third-order valence-electron chi connectivity index (χ3n) is 5.43. The molecule has 0 unspecified atom stereocenters. The number of carbonyl (C=O) groups excluding carboxylic acids is 3. The Morgan fingerprint density at radius 1 is 1.05 bits per heavy atom. The van der Waals surface area contributed by atoms with Crippen molar-refractivity contribution in [2.75, 3.05) is 4.90 Å². The van der Waals surface area contributed by atoms with E-state index in [-0.39, 0.29) is 23.4 Å². The molecule has 0 aliphatic carbocycles. The van der Waals surface area contributed by atoms with Crippen LogP contribution in [-0.2, 0) is 16.2 Å². The normalized spacial score (nSPS) is 14.6. The van der Waals surface area contributed by atoms with Crippen LogP contribution in [0, 0.1) is 6.92 Å². The number of barbiturate groups is 1. The van der Waals surface area contributed by atoms with Gasteiger partial charge in [0.25, 0.3) is 11.8 Å². The lowest BCUT2D eigenvalue weighted by Gasteiger charge is -2.26. The van der Waals surface area contributed by atoms with Crippen LogP contribution in [0.15, 0.2) is 69.1 Å². The molecule has 0 bridgehead atoms. The fourth-order valence-electron chi connectivity index (χ4n) is 3.48. The lowest BCUT2D eigenvalue weighted by molar-refractivity contribution is -0.122. The van der Waals surface area contributed by atoms with E-state index in [2.05, 4.69) is 37.2 Å². The maximum atomic E-state index is 13.2. The fourth-order valence-corrected chi connectivity index (χ4v) is 5.10. The molecule has 11 heteroatoms. The summed E-state index contributed by atoms with van der Waals surface area (Å²) in [7, 11) is 0. The van der Waals surface area contributed by atoms with Crippen LogP contribution in [-0.4, -0.2) is 28.9 Å². The van der Waals surface area contributed by atoms with Crippen molar-refractivity contribution in [2.24, 2.45) is 0 Å². The second kappa shape index (κ2) is 10.9. The highest BCUT2D eigenvalue weighted by Crippen LogP contribution is 2.36. The molecule has 1 aliphatic rings. The predicted molar refractivity (Wildman–Crippen MR) is 145 cm³/mol. The van der Waals surface area contributed by atoms with Crippen molar-refractivity contribution in [1.82, 2.24) is 5.32 Å². The topological polar surface area (TPSA) is 113 Å². The Hall–Kier alpha value is -3.47. The highest BCUT2D eigenvalue weighted by atomic mass is 79.9. The van der Waals surface area contributed by atoms with Gasteiger partial charge in [-0.1, -0.05) is 29.8 Å². The van der Waals surface area contributed by atoms with Crippen LogP contribution in [0.1, 0.15) is 27.0 Å². The summed E-state index contributed by atoms with van der Waals surface area (Å²) in [6.45, 7) is 1.96. The number of halogens is 3. The average molecular weight is 649 g/mol. The largest absolute Gasteiger partial charge is 0.487 e. The van der Waals surface area contributed by atoms with Gasteiger partial charge < -0.3 is 9.84 Å². The maximum absolute atomic E-state index is 13.2. The molecule has 2 N–H and O–H groups in total. The Bertz CT molecular complexity index is 1460. The molecule has 0 spiro atoms. The van der Waals surface area contributed by atoms with Gasteiger partial charge >= 0.3 is 12.0 Å². The monoisotopic (exact) mass is 646 g/mol. The average Bonchev–Trinajstić information content (AvgIpc) is 2.83. The summed E-state index contributed by atoms with van der Waals surface area (Å²) in [6, 6.07) is 13.5. The Balaban J connectivity index is 1.58. The highest BCUT2D eigenvalue weighted by Gasteiger charge is 2.37. The Morgan fingerprint density at radius 3 is 2.30 bits per heavy atom. The molecule has 188 valence electrons. The first-order chi connectivity index (χ1) is 17.5. The lowest BCUT2D eigenvalue weighted by Crippen LogP contribution is -2.54. The van der Waals surface area contributed by atoms with Crippen LogP contribution in [0.3, 0.4) is 0 Å². The van der Waals surface area contributed by atoms with E-state index in [1.165, 1.54) is 24.3 Å². The molecule has 0 radical (unpaired) electrons. The van der Waals surface area contributed by atoms with Gasteiger partial charge in [-0.05, 0) is 97.9 Å². The number of benzene rings is 3. The van der Waals surface area contributed by atoms with Crippen molar-refractivity contribution in [2.45, 2.75) is 13.5 Å². The minimum atomic E-state index is -1.01. The summed E-state index contributed by atoms with van der Waals surface area (Å²) in [4.78, 5) is 50.0. The first-order valence-corrected chi connectivity index (χ1v) is 12.6. The molecule has 3 aromatic carbocycles. The third kappa shape index (κ3) is 5.76. The predicted octanol–water partition coefficient (Wildman–Crippen LogP) is 6.12. The molecule has 0 atom stereocenters. The van der Waals surface area contributed by atoms with Crippen molar-refractivity contribution in [1.29, 1.82) is 0 Å².